The second-order valence-corrected chi connectivity index (χ2v) is 14.1. The molecular weight excluding hydrogens is 929 g/mol. The van der Waals surface area contributed by atoms with Gasteiger partial charge in [0.2, 0.25) is 0 Å². The van der Waals surface area contributed by atoms with Crippen molar-refractivity contribution in [3.8, 4) is 0 Å². The van der Waals surface area contributed by atoms with Crippen molar-refractivity contribution >= 4 is 5.97 Å². The highest BCUT2D eigenvalue weighted by atomic mass is 16.6. The summed E-state index contributed by atoms with van der Waals surface area (Å²) in [5, 5.41) is 0. The molecule has 0 aromatic heterocycles. The number of ether oxygens (including phenoxy) is 21. The molecule has 0 bridgehead atoms. The van der Waals surface area contributed by atoms with Crippen molar-refractivity contribution in [2.75, 3.05) is 271 Å². The van der Waals surface area contributed by atoms with Crippen molar-refractivity contribution in [2.45, 2.75) is 35.1 Å². The Morgan fingerprint density at radius 1 is 0.257 bits per heavy atom. The molecule has 0 N–H and O–H groups in total. The van der Waals surface area contributed by atoms with Crippen molar-refractivity contribution in [1.29, 1.82) is 0 Å². The average molecular weight is 1030 g/mol. The smallest absolute Gasteiger partial charge is 0.308 e. The van der Waals surface area contributed by atoms with Crippen LogP contribution in [-0.2, 0) is 104 Å². The zero-order chi connectivity index (χ0) is 49.0. The summed E-state index contributed by atoms with van der Waals surface area (Å²) >= 11 is 0. The molecule has 0 saturated carbocycles. The van der Waals surface area contributed by atoms with Crippen LogP contribution in [0.2, 0.25) is 0 Å². The largest absolute Gasteiger partial charge is 0.463 e. The first-order valence-electron chi connectivity index (χ1n) is 24.3. The van der Waals surface area contributed by atoms with Crippen LogP contribution in [0.5, 0.6) is 0 Å². The molecule has 0 aliphatic carbocycles. The summed E-state index contributed by atoms with van der Waals surface area (Å²) in [5.74, 6) is -0.269. The summed E-state index contributed by atoms with van der Waals surface area (Å²) in [6.07, 6.45) is 0.765. The molecule has 0 fully saturated rings. The van der Waals surface area contributed by atoms with Gasteiger partial charge in [-0.2, -0.15) is 0 Å². The van der Waals surface area contributed by atoms with Crippen LogP contribution in [0.25, 0.3) is 0 Å². The molecule has 0 radical (unpaired) electrons. The van der Waals surface area contributed by atoms with Crippen molar-refractivity contribution in [3.05, 3.63) is 0 Å². The van der Waals surface area contributed by atoms with Crippen LogP contribution in [-0.4, -0.2) is 277 Å². The first-order valence-corrected chi connectivity index (χ1v) is 24.3. The van der Waals surface area contributed by atoms with Crippen molar-refractivity contribution < 1.29 is 104 Å². The van der Waals surface area contributed by atoms with Crippen LogP contribution < -0.4 is 0 Å². The molecule has 0 aliphatic heterocycles. The highest BCUT2D eigenvalue weighted by Crippen LogP contribution is 2.02. The Morgan fingerprint density at radius 2 is 0.386 bits per heavy atom. The van der Waals surface area contributed by atoms with E-state index in [1.54, 1.807) is 7.11 Å². The third-order valence-corrected chi connectivity index (χ3v) is 8.61. The van der Waals surface area contributed by atoms with Crippen molar-refractivity contribution in [3.63, 3.8) is 0 Å². The summed E-state index contributed by atoms with van der Waals surface area (Å²) in [4.78, 5) is 11.6. The first-order chi connectivity index (χ1) is 33.7. The predicted molar refractivity (Wildman–Crippen MR) is 261 cm³/mol. The van der Waals surface area contributed by atoms with Gasteiger partial charge in [0.05, 0.1) is 264 Å². The highest BCUT2D eigenvalue weighted by molar-refractivity contribution is 5.71. The number of rotatable bonds is 62. The monoisotopic (exact) mass is 1030 g/mol. The SMILES string of the molecule is C.C.CCC(C)C(=O)OCCOCCOCCOCCOCCOCCOCCOCCOCCOCCOCCOCCOCCOCCOCCOCCOCCOCCOCCOCCOC. The van der Waals surface area contributed by atoms with Gasteiger partial charge in [-0.3, -0.25) is 4.79 Å². The number of methoxy groups -OCH3 is 1. The van der Waals surface area contributed by atoms with E-state index in [1.165, 1.54) is 0 Å². The third kappa shape index (κ3) is 64.7. The Balaban J connectivity index is -0.0000224. The first kappa shape index (κ1) is 72.9. The fourth-order valence-corrected chi connectivity index (χ4v) is 4.71. The summed E-state index contributed by atoms with van der Waals surface area (Å²) in [6, 6.07) is 0. The lowest BCUT2D eigenvalue weighted by Crippen LogP contribution is -2.18. The summed E-state index contributed by atoms with van der Waals surface area (Å²) < 4.78 is 114. The lowest BCUT2D eigenvalue weighted by atomic mass is 10.1. The normalized spacial score (nSPS) is 11.8. The molecule has 0 saturated heterocycles. The van der Waals surface area contributed by atoms with Crippen LogP contribution in [0.1, 0.15) is 35.1 Å². The topological polar surface area (TPSA) is 211 Å². The Morgan fingerprint density at radius 3 is 0.514 bits per heavy atom. The van der Waals surface area contributed by atoms with Crippen molar-refractivity contribution in [1.82, 2.24) is 0 Å². The Kier molecular flexibility index (Phi) is 70.5. The zero-order valence-electron chi connectivity index (χ0n) is 42.1. The van der Waals surface area contributed by atoms with E-state index >= 15 is 0 Å². The van der Waals surface area contributed by atoms with Crippen molar-refractivity contribution in [2.24, 2.45) is 5.92 Å². The minimum absolute atomic E-state index is 0. The van der Waals surface area contributed by atoms with Crippen LogP contribution >= 0.6 is 0 Å². The van der Waals surface area contributed by atoms with Gasteiger partial charge in [0.25, 0.3) is 0 Å². The molecule has 0 aliphatic rings. The fraction of sp³-hybridized carbons (Fsp3) is 0.979. The van der Waals surface area contributed by atoms with E-state index in [1.807, 2.05) is 13.8 Å². The molecule has 1 atom stereocenters. The summed E-state index contributed by atoms with van der Waals surface area (Å²) in [7, 11) is 1.64. The van der Waals surface area contributed by atoms with Gasteiger partial charge in [0.15, 0.2) is 0 Å². The zero-order valence-corrected chi connectivity index (χ0v) is 42.1. The second kappa shape index (κ2) is 67.7. The third-order valence-electron chi connectivity index (χ3n) is 8.61. The second-order valence-electron chi connectivity index (χ2n) is 14.1. The maximum atomic E-state index is 11.6. The summed E-state index contributed by atoms with van der Waals surface area (Å²) in [6.45, 7) is 23.3. The van der Waals surface area contributed by atoms with E-state index in [0.717, 1.165) is 6.42 Å². The van der Waals surface area contributed by atoms with E-state index < -0.39 is 0 Å². The van der Waals surface area contributed by atoms with Crippen LogP contribution in [0.4, 0.5) is 0 Å². The van der Waals surface area contributed by atoms with Gasteiger partial charge in [-0.15, -0.1) is 0 Å². The molecule has 22 heteroatoms. The Hall–Kier alpha value is -1.33. The lowest BCUT2D eigenvalue weighted by molar-refractivity contribution is -0.149. The molecule has 0 spiro atoms. The van der Waals surface area contributed by atoms with Crippen LogP contribution in [0, 0.1) is 5.92 Å². The molecule has 70 heavy (non-hydrogen) atoms. The molecule has 22 nitrogen and oxygen atoms in total. The Labute approximate surface area is 421 Å². The molecule has 0 heterocycles. The molecular formula is C48H100O22. The van der Waals surface area contributed by atoms with Gasteiger partial charge in [0.1, 0.15) is 6.61 Å². The predicted octanol–water partition coefficient (Wildman–Crippen LogP) is 2.81. The molecule has 424 valence electrons. The van der Waals surface area contributed by atoms with Crippen LogP contribution in [0.3, 0.4) is 0 Å². The standard InChI is InChI=1S/C46H92O22.2CH4/c1-4-45(2)46(47)68-44-43-67-42-41-66-40-39-65-38-37-64-36-35-63-34-33-62-32-31-61-30-29-60-28-27-59-26-25-58-24-23-57-22-21-56-20-19-55-18-17-54-16-15-53-14-13-52-12-11-51-10-9-50-8-7-49-6-5-48-3;;/h45H,4-44H2,1-3H3;2*1H4. The Bertz CT molecular complexity index is 932. The quantitative estimate of drug-likeness (QED) is 0.0633. The number of esters is 1. The molecule has 0 aromatic carbocycles. The fourth-order valence-electron chi connectivity index (χ4n) is 4.71. The van der Waals surface area contributed by atoms with Crippen LogP contribution in [0.15, 0.2) is 0 Å². The number of hydrogen-bond acceptors (Lipinski definition) is 22. The van der Waals surface area contributed by atoms with Gasteiger partial charge in [0, 0.05) is 7.11 Å². The van der Waals surface area contributed by atoms with Gasteiger partial charge in [-0.25, -0.2) is 0 Å². The number of carbonyl (C=O) groups is 1. The number of hydrogen-bond donors (Lipinski definition) is 0. The maximum absolute atomic E-state index is 11.6. The highest BCUT2D eigenvalue weighted by Gasteiger charge is 2.11. The van der Waals surface area contributed by atoms with E-state index in [4.69, 9.17) is 99.5 Å². The molecule has 0 aromatic rings. The van der Waals surface area contributed by atoms with E-state index in [2.05, 4.69) is 0 Å². The van der Waals surface area contributed by atoms with Gasteiger partial charge < -0.3 is 99.5 Å². The average Bonchev–Trinajstić information content (AvgIpc) is 3.35. The van der Waals surface area contributed by atoms with Gasteiger partial charge in [-0.05, 0) is 6.42 Å². The minimum atomic E-state index is -0.188. The lowest BCUT2D eigenvalue weighted by Gasteiger charge is -2.10. The van der Waals surface area contributed by atoms with Gasteiger partial charge >= 0.3 is 5.97 Å². The molecule has 0 rings (SSSR count). The maximum Gasteiger partial charge on any atom is 0.308 e. The van der Waals surface area contributed by atoms with E-state index in [-0.39, 0.29) is 33.3 Å². The molecule has 1 unspecified atom stereocenters. The molecule has 0 amide bonds. The van der Waals surface area contributed by atoms with Gasteiger partial charge in [-0.1, -0.05) is 28.7 Å². The summed E-state index contributed by atoms with van der Waals surface area (Å²) in [5.41, 5.74) is 0. The van der Waals surface area contributed by atoms with E-state index in [0.29, 0.717) is 258 Å². The van der Waals surface area contributed by atoms with E-state index in [9.17, 15) is 4.79 Å². The minimum Gasteiger partial charge on any atom is -0.463 e. The number of carbonyl (C=O) groups excluding carboxylic acids is 1.